The van der Waals surface area contributed by atoms with Crippen molar-refractivity contribution in [1.82, 2.24) is 19.9 Å². The molecule has 0 amide bonds. The first-order valence-electron chi connectivity index (χ1n) is 11.3. The molecule has 152 valence electrons. The zero-order chi connectivity index (χ0) is 21.3. The Morgan fingerprint density at radius 1 is 1.10 bits per heavy atom. The fourth-order valence-electron chi connectivity index (χ4n) is 4.82. The van der Waals surface area contributed by atoms with Crippen LogP contribution in [0.2, 0.25) is 0 Å². The maximum absolute atomic E-state index is 5.79. The molecule has 0 saturated carbocycles. The lowest BCUT2D eigenvalue weighted by atomic mass is 9.70. The molecule has 0 spiro atoms. The number of H-pyrrole nitrogens is 1. The van der Waals surface area contributed by atoms with Crippen molar-refractivity contribution in [1.29, 1.82) is 0 Å². The molecule has 0 aliphatic heterocycles. The first-order valence-corrected chi connectivity index (χ1v) is 11.3. The number of nitrogens with zero attached hydrogens (tertiary/aromatic N) is 3. The van der Waals surface area contributed by atoms with Crippen LogP contribution in [0.3, 0.4) is 0 Å². The molecule has 1 aromatic carbocycles. The summed E-state index contributed by atoms with van der Waals surface area (Å²) < 4.78 is 0. The van der Waals surface area contributed by atoms with E-state index in [1.807, 2.05) is 0 Å². The summed E-state index contributed by atoms with van der Waals surface area (Å²) in [5.41, 5.74) is 15.9. The van der Waals surface area contributed by atoms with Gasteiger partial charge in [-0.05, 0) is 68.5 Å². The second kappa shape index (κ2) is 9.03. The molecule has 0 bridgehead atoms. The lowest BCUT2D eigenvalue weighted by molar-refractivity contribution is 0.160. The Morgan fingerprint density at radius 3 is 2.73 bits per heavy atom. The van der Waals surface area contributed by atoms with Crippen molar-refractivity contribution in [2.75, 3.05) is 13.1 Å². The summed E-state index contributed by atoms with van der Waals surface area (Å²) in [6.45, 7) is 2.58. The quantitative estimate of drug-likeness (QED) is 0.323. The summed E-state index contributed by atoms with van der Waals surface area (Å²) >= 11 is 0. The highest BCUT2D eigenvalue weighted by molar-refractivity contribution is 6.56. The van der Waals surface area contributed by atoms with E-state index in [1.165, 1.54) is 39.7 Å². The van der Waals surface area contributed by atoms with Gasteiger partial charge in [0.15, 0.2) is 7.85 Å². The van der Waals surface area contributed by atoms with E-state index in [0.29, 0.717) is 6.04 Å². The zero-order valence-electron chi connectivity index (χ0n) is 18.9. The molecule has 0 unspecified atom stereocenters. The van der Waals surface area contributed by atoms with Crippen molar-refractivity contribution >= 4 is 64.4 Å². The van der Waals surface area contributed by atoms with E-state index in [9.17, 15) is 0 Å². The van der Waals surface area contributed by atoms with E-state index in [1.54, 1.807) is 0 Å². The van der Waals surface area contributed by atoms with E-state index in [-0.39, 0.29) is 0 Å². The third-order valence-electron chi connectivity index (χ3n) is 6.76. The molecule has 4 rings (SSSR count). The fraction of sp³-hybridized carbons (Fsp3) is 0.429. The van der Waals surface area contributed by atoms with Crippen LogP contribution in [0, 0.1) is 0 Å². The van der Waals surface area contributed by atoms with E-state index < -0.39 is 0 Å². The molecule has 0 saturated heterocycles. The number of nitrogens with two attached hydrogens (primary N) is 1. The Morgan fingerprint density at radius 2 is 1.93 bits per heavy atom. The van der Waals surface area contributed by atoms with Crippen molar-refractivity contribution in [3.63, 3.8) is 0 Å². The third kappa shape index (κ3) is 4.23. The van der Waals surface area contributed by atoms with Gasteiger partial charge >= 0.3 is 0 Å². The van der Waals surface area contributed by atoms with Gasteiger partial charge in [-0.2, -0.15) is 0 Å². The van der Waals surface area contributed by atoms with E-state index in [0.717, 1.165) is 62.2 Å². The number of hydrogen-bond acceptors (Lipinski definition) is 4. The van der Waals surface area contributed by atoms with Crippen LogP contribution in [0.5, 0.6) is 0 Å². The smallest absolute Gasteiger partial charge is 0.163 e. The molecular formula is C21H31B4N5. The Labute approximate surface area is 183 Å². The van der Waals surface area contributed by atoms with Crippen molar-refractivity contribution in [3.05, 3.63) is 35.3 Å². The van der Waals surface area contributed by atoms with Gasteiger partial charge < -0.3 is 10.7 Å². The Kier molecular flexibility index (Phi) is 6.40. The monoisotopic (exact) mass is 397 g/mol. The Hall–Kier alpha value is -1.98. The number of aromatic amines is 1. The van der Waals surface area contributed by atoms with Gasteiger partial charge in [0.2, 0.25) is 0 Å². The van der Waals surface area contributed by atoms with Crippen LogP contribution in [0.4, 0.5) is 0 Å². The predicted molar refractivity (Wildman–Crippen MR) is 137 cm³/mol. The number of unbranched alkanes of at least 4 members (excludes halogenated alkanes) is 1. The maximum Gasteiger partial charge on any atom is 0.163 e. The molecule has 2 aromatic heterocycles. The minimum absolute atomic E-state index is 0.347. The van der Waals surface area contributed by atoms with Crippen molar-refractivity contribution in [2.45, 2.75) is 44.7 Å². The van der Waals surface area contributed by atoms with Gasteiger partial charge in [0.1, 0.15) is 29.4 Å². The second-order valence-corrected chi connectivity index (χ2v) is 8.89. The van der Waals surface area contributed by atoms with Gasteiger partial charge in [-0.15, -0.1) is 0 Å². The number of imidazole rings is 1. The summed E-state index contributed by atoms with van der Waals surface area (Å²) in [7, 11) is 8.74. The average Bonchev–Trinajstić information content (AvgIpc) is 3.12. The number of hydrogen-bond donors (Lipinski definition) is 2. The lowest BCUT2D eigenvalue weighted by Crippen LogP contribution is -2.47. The molecule has 3 aromatic rings. The second-order valence-electron chi connectivity index (χ2n) is 8.89. The number of nitrogens with one attached hydrogen (secondary N) is 1. The van der Waals surface area contributed by atoms with Gasteiger partial charge in [-0.3, -0.25) is 9.88 Å². The molecule has 1 aliphatic carbocycles. The summed E-state index contributed by atoms with van der Waals surface area (Å²) in [5, 5.41) is 0. The molecule has 1 aliphatic rings. The van der Waals surface area contributed by atoms with Crippen LogP contribution in [0.1, 0.15) is 48.8 Å². The summed E-state index contributed by atoms with van der Waals surface area (Å²) in [6, 6.07) is 6.77. The number of pyridine rings is 1. The highest BCUT2D eigenvalue weighted by atomic mass is 15.2. The van der Waals surface area contributed by atoms with Crippen molar-refractivity contribution < 1.29 is 0 Å². The minimum Gasteiger partial charge on any atom is -0.341 e. The van der Waals surface area contributed by atoms with Gasteiger partial charge in [0.25, 0.3) is 0 Å². The van der Waals surface area contributed by atoms with Gasteiger partial charge in [0.05, 0.1) is 29.3 Å². The summed E-state index contributed by atoms with van der Waals surface area (Å²) in [5.74, 6) is 1.04. The Bertz CT molecular complexity index is 1050. The van der Waals surface area contributed by atoms with Gasteiger partial charge in [0, 0.05) is 0 Å². The standard InChI is InChI=1S/C21H31B4N5/c22-12-6-7-14-15(10-12)28-17(27-14)11-30(9-2-1-8-26)16-5-3-4-13-18(23)19(24)21(25)29-20(13)16/h6-7,10,16H,1-5,8-9,11,22-26H2,(H,27,28)/t16-/m0/s1. The van der Waals surface area contributed by atoms with Crippen LogP contribution < -0.4 is 27.7 Å². The summed E-state index contributed by atoms with van der Waals surface area (Å²) in [4.78, 5) is 16.1. The van der Waals surface area contributed by atoms with Crippen LogP contribution in [-0.4, -0.2) is 64.3 Å². The molecule has 0 radical (unpaired) electrons. The van der Waals surface area contributed by atoms with Crippen LogP contribution in [-0.2, 0) is 13.0 Å². The molecule has 1 atom stereocenters. The fourth-order valence-corrected chi connectivity index (χ4v) is 4.82. The van der Waals surface area contributed by atoms with Crippen LogP contribution in [0.25, 0.3) is 11.0 Å². The van der Waals surface area contributed by atoms with Crippen LogP contribution in [0.15, 0.2) is 18.2 Å². The van der Waals surface area contributed by atoms with Gasteiger partial charge in [-0.1, -0.05) is 22.5 Å². The average molecular weight is 397 g/mol. The van der Waals surface area contributed by atoms with Crippen molar-refractivity contribution in [3.8, 4) is 0 Å². The normalized spacial score (nSPS) is 16.3. The number of benzene rings is 1. The van der Waals surface area contributed by atoms with E-state index in [4.69, 9.17) is 15.7 Å². The maximum atomic E-state index is 5.79. The highest BCUT2D eigenvalue weighted by Crippen LogP contribution is 2.32. The van der Waals surface area contributed by atoms with Crippen LogP contribution >= 0.6 is 0 Å². The third-order valence-corrected chi connectivity index (χ3v) is 6.76. The number of fused-ring (bicyclic) bond motifs is 2. The SMILES string of the molecule is Bc1ccc2[nH]c(CN(CCCCN)[C@H]3CCCc4c3nc(B)c(B)c4B)nc2c1. The first-order chi connectivity index (χ1) is 14.5. The lowest BCUT2D eigenvalue weighted by Gasteiger charge is -2.36. The topological polar surface area (TPSA) is 70.8 Å². The molecular weight excluding hydrogens is 366 g/mol. The molecule has 9 heteroatoms. The number of aromatic nitrogens is 3. The van der Waals surface area contributed by atoms with E-state index in [2.05, 4.69) is 59.5 Å². The molecule has 2 heterocycles. The number of rotatable bonds is 7. The minimum atomic E-state index is 0.347. The molecule has 3 N–H and O–H groups in total. The van der Waals surface area contributed by atoms with Gasteiger partial charge in [-0.25, -0.2) is 4.98 Å². The predicted octanol–water partition coefficient (Wildman–Crippen LogP) is -3.39. The largest absolute Gasteiger partial charge is 0.341 e. The van der Waals surface area contributed by atoms with Crippen molar-refractivity contribution in [2.24, 2.45) is 5.73 Å². The molecule has 30 heavy (non-hydrogen) atoms. The van der Waals surface area contributed by atoms with E-state index >= 15 is 0 Å². The molecule has 5 nitrogen and oxygen atoms in total. The molecule has 0 fully saturated rings. The Balaban J connectivity index is 1.67. The first kappa shape index (κ1) is 21.3. The summed E-state index contributed by atoms with van der Waals surface area (Å²) in [6.07, 6.45) is 5.67. The zero-order valence-corrected chi connectivity index (χ0v) is 18.9. The highest BCUT2D eigenvalue weighted by Gasteiger charge is 2.29.